The summed E-state index contributed by atoms with van der Waals surface area (Å²) in [5.41, 5.74) is 2.77. The molecule has 1 aromatic heterocycles. The van der Waals surface area contributed by atoms with Crippen molar-refractivity contribution in [2.45, 2.75) is 53.5 Å². The molecule has 0 bridgehead atoms. The van der Waals surface area contributed by atoms with E-state index >= 15 is 0 Å². The second-order valence-electron chi connectivity index (χ2n) is 7.69. The SMILES string of the molecule is CCCCc1ccc(CN(CC(C)(C)C)c2ccnc(C#N)n2)cc1. The summed E-state index contributed by atoms with van der Waals surface area (Å²) < 4.78 is 0. The minimum absolute atomic E-state index is 0.124. The Balaban J connectivity index is 2.19. The highest BCUT2D eigenvalue weighted by Crippen LogP contribution is 2.22. The Kier molecular flexibility index (Phi) is 6.52. The average molecular weight is 336 g/mol. The van der Waals surface area contributed by atoms with Gasteiger partial charge < -0.3 is 4.90 Å². The number of nitriles is 1. The predicted octanol–water partition coefficient (Wildman–Crippen LogP) is 4.74. The first-order chi connectivity index (χ1) is 11.9. The number of hydrogen-bond acceptors (Lipinski definition) is 4. The second-order valence-corrected chi connectivity index (χ2v) is 7.69. The fraction of sp³-hybridized carbons (Fsp3) is 0.476. The number of hydrogen-bond donors (Lipinski definition) is 0. The van der Waals surface area contributed by atoms with Crippen LogP contribution in [-0.2, 0) is 13.0 Å². The summed E-state index contributed by atoms with van der Waals surface area (Å²) in [6.07, 6.45) is 5.24. The Morgan fingerprint density at radius 3 is 2.36 bits per heavy atom. The average Bonchev–Trinajstić information content (AvgIpc) is 2.59. The van der Waals surface area contributed by atoms with Crippen molar-refractivity contribution in [1.82, 2.24) is 9.97 Å². The molecule has 0 aliphatic rings. The van der Waals surface area contributed by atoms with E-state index in [1.54, 1.807) is 6.20 Å². The first-order valence-electron chi connectivity index (χ1n) is 8.97. The van der Waals surface area contributed by atoms with Gasteiger partial charge in [-0.25, -0.2) is 9.97 Å². The van der Waals surface area contributed by atoms with Crippen LogP contribution in [0.4, 0.5) is 5.82 Å². The second kappa shape index (κ2) is 8.62. The van der Waals surface area contributed by atoms with E-state index in [1.165, 1.54) is 24.0 Å². The molecule has 0 atom stereocenters. The van der Waals surface area contributed by atoms with E-state index in [0.717, 1.165) is 25.3 Å². The monoisotopic (exact) mass is 336 g/mol. The van der Waals surface area contributed by atoms with E-state index < -0.39 is 0 Å². The molecule has 0 amide bonds. The van der Waals surface area contributed by atoms with E-state index in [4.69, 9.17) is 5.26 Å². The molecule has 0 fully saturated rings. The van der Waals surface area contributed by atoms with E-state index in [1.807, 2.05) is 12.1 Å². The van der Waals surface area contributed by atoms with Crippen LogP contribution in [0.1, 0.15) is 57.5 Å². The van der Waals surface area contributed by atoms with Crippen molar-refractivity contribution in [3.8, 4) is 6.07 Å². The van der Waals surface area contributed by atoms with Crippen molar-refractivity contribution >= 4 is 5.82 Å². The summed E-state index contributed by atoms with van der Waals surface area (Å²) in [7, 11) is 0. The smallest absolute Gasteiger partial charge is 0.234 e. The first-order valence-corrected chi connectivity index (χ1v) is 8.97. The third kappa shape index (κ3) is 6.19. The summed E-state index contributed by atoms with van der Waals surface area (Å²) >= 11 is 0. The van der Waals surface area contributed by atoms with Gasteiger partial charge in [-0.1, -0.05) is 58.4 Å². The quantitative estimate of drug-likeness (QED) is 0.732. The number of unbranched alkanes of at least 4 members (excludes halogenated alkanes) is 1. The van der Waals surface area contributed by atoms with Gasteiger partial charge in [-0.2, -0.15) is 5.26 Å². The fourth-order valence-electron chi connectivity index (χ4n) is 2.78. The molecule has 1 heterocycles. The molecular formula is C21H28N4. The number of rotatable bonds is 7. The van der Waals surface area contributed by atoms with E-state index in [2.05, 4.69) is 66.8 Å². The highest BCUT2D eigenvalue weighted by atomic mass is 15.2. The number of aryl methyl sites for hydroxylation is 1. The largest absolute Gasteiger partial charge is 0.352 e. The normalized spacial score (nSPS) is 11.2. The van der Waals surface area contributed by atoms with Crippen LogP contribution in [0.15, 0.2) is 36.5 Å². The van der Waals surface area contributed by atoms with Gasteiger partial charge >= 0.3 is 0 Å². The first kappa shape index (κ1) is 18.9. The minimum Gasteiger partial charge on any atom is -0.352 e. The number of nitrogens with zero attached hydrogens (tertiary/aromatic N) is 4. The van der Waals surface area contributed by atoms with Crippen LogP contribution in [0.5, 0.6) is 0 Å². The zero-order chi connectivity index (χ0) is 18.3. The predicted molar refractivity (Wildman–Crippen MR) is 102 cm³/mol. The molecular weight excluding hydrogens is 308 g/mol. The molecule has 2 rings (SSSR count). The molecule has 0 saturated carbocycles. The van der Waals surface area contributed by atoms with E-state index in [9.17, 15) is 0 Å². The Hall–Kier alpha value is -2.41. The maximum Gasteiger partial charge on any atom is 0.234 e. The molecule has 25 heavy (non-hydrogen) atoms. The van der Waals surface area contributed by atoms with Crippen molar-refractivity contribution in [2.75, 3.05) is 11.4 Å². The lowest BCUT2D eigenvalue weighted by Crippen LogP contribution is -2.33. The molecule has 0 aliphatic heterocycles. The van der Waals surface area contributed by atoms with Crippen LogP contribution in [-0.4, -0.2) is 16.5 Å². The maximum absolute atomic E-state index is 9.07. The lowest BCUT2D eigenvalue weighted by Gasteiger charge is -2.31. The summed E-state index contributed by atoms with van der Waals surface area (Å²) in [6.45, 7) is 10.5. The molecule has 2 aromatic rings. The molecule has 0 unspecified atom stereocenters. The topological polar surface area (TPSA) is 52.8 Å². The Bertz CT molecular complexity index is 708. The van der Waals surface area contributed by atoms with Gasteiger partial charge in [0.05, 0.1) is 0 Å². The number of anilines is 1. The van der Waals surface area contributed by atoms with Crippen LogP contribution in [0.2, 0.25) is 0 Å². The Morgan fingerprint density at radius 1 is 1.08 bits per heavy atom. The molecule has 1 aromatic carbocycles. The fourth-order valence-corrected chi connectivity index (χ4v) is 2.78. The Labute approximate surface area is 151 Å². The molecule has 0 saturated heterocycles. The standard InChI is InChI=1S/C21H28N4/c1-5-6-7-17-8-10-18(11-9-17)15-25(16-21(2,3)4)20-12-13-23-19(14-22)24-20/h8-13H,5-7,15-16H2,1-4H3. The molecule has 0 aliphatic carbocycles. The minimum atomic E-state index is 0.124. The third-order valence-corrected chi connectivity index (χ3v) is 3.95. The van der Waals surface area contributed by atoms with Crippen LogP contribution in [0, 0.1) is 16.7 Å². The molecule has 4 nitrogen and oxygen atoms in total. The summed E-state index contributed by atoms with van der Waals surface area (Å²) in [5.74, 6) is 1.02. The van der Waals surface area contributed by atoms with Gasteiger partial charge in [0.25, 0.3) is 0 Å². The van der Waals surface area contributed by atoms with Crippen LogP contribution < -0.4 is 4.90 Å². The van der Waals surface area contributed by atoms with Gasteiger partial charge in [0.15, 0.2) is 0 Å². The molecule has 0 radical (unpaired) electrons. The highest BCUT2D eigenvalue weighted by Gasteiger charge is 2.18. The molecule has 0 spiro atoms. The van der Waals surface area contributed by atoms with Crippen LogP contribution in [0.3, 0.4) is 0 Å². The lowest BCUT2D eigenvalue weighted by atomic mass is 9.95. The van der Waals surface area contributed by atoms with Crippen molar-refractivity contribution in [3.63, 3.8) is 0 Å². The van der Waals surface area contributed by atoms with Gasteiger partial charge in [0.2, 0.25) is 5.82 Å². The van der Waals surface area contributed by atoms with Crippen LogP contribution in [0.25, 0.3) is 0 Å². The lowest BCUT2D eigenvalue weighted by molar-refractivity contribution is 0.407. The molecule has 0 N–H and O–H groups in total. The van der Waals surface area contributed by atoms with Gasteiger partial charge in [0, 0.05) is 19.3 Å². The highest BCUT2D eigenvalue weighted by molar-refractivity contribution is 5.41. The zero-order valence-electron chi connectivity index (χ0n) is 15.8. The van der Waals surface area contributed by atoms with Crippen molar-refractivity contribution in [1.29, 1.82) is 5.26 Å². The zero-order valence-corrected chi connectivity index (χ0v) is 15.8. The third-order valence-electron chi connectivity index (χ3n) is 3.95. The van der Waals surface area contributed by atoms with Crippen molar-refractivity contribution < 1.29 is 0 Å². The number of benzene rings is 1. The van der Waals surface area contributed by atoms with E-state index in [0.29, 0.717) is 0 Å². The van der Waals surface area contributed by atoms with Gasteiger partial charge in [-0.15, -0.1) is 0 Å². The summed E-state index contributed by atoms with van der Waals surface area (Å²) in [6, 6.07) is 12.8. The molecule has 4 heteroatoms. The maximum atomic E-state index is 9.07. The van der Waals surface area contributed by atoms with Crippen LogP contribution >= 0.6 is 0 Å². The van der Waals surface area contributed by atoms with Gasteiger partial charge in [-0.05, 0) is 35.4 Å². The Morgan fingerprint density at radius 2 is 1.76 bits per heavy atom. The summed E-state index contributed by atoms with van der Waals surface area (Å²) in [4.78, 5) is 10.6. The van der Waals surface area contributed by atoms with Gasteiger partial charge in [-0.3, -0.25) is 0 Å². The van der Waals surface area contributed by atoms with E-state index in [-0.39, 0.29) is 11.2 Å². The number of aromatic nitrogens is 2. The van der Waals surface area contributed by atoms with Crippen molar-refractivity contribution in [3.05, 3.63) is 53.5 Å². The van der Waals surface area contributed by atoms with Gasteiger partial charge in [0.1, 0.15) is 11.9 Å². The van der Waals surface area contributed by atoms with Crippen molar-refractivity contribution in [2.24, 2.45) is 5.41 Å². The molecule has 132 valence electrons. The summed E-state index contributed by atoms with van der Waals surface area (Å²) in [5, 5.41) is 9.07.